The minimum atomic E-state index is -0.927. The smallest absolute Gasteiger partial charge is 0.463 e. The molecule has 0 saturated carbocycles. The lowest BCUT2D eigenvalue weighted by Gasteiger charge is -2.11. The van der Waals surface area contributed by atoms with Crippen molar-refractivity contribution in [2.24, 2.45) is 0 Å². The number of aryl methyl sites for hydroxylation is 2. The first-order chi connectivity index (χ1) is 40.9. The normalized spacial score (nSPS) is 10.2. The monoisotopic (exact) mass is 1160 g/mol. The molecule has 19 heteroatoms. The van der Waals surface area contributed by atoms with E-state index in [1.165, 1.54) is 78.9 Å². The van der Waals surface area contributed by atoms with Crippen molar-refractivity contribution in [2.45, 2.75) is 52.4 Å². The van der Waals surface area contributed by atoms with E-state index in [1.54, 1.807) is 80.6 Å². The van der Waals surface area contributed by atoms with Gasteiger partial charge in [0, 0.05) is 36.1 Å². The van der Waals surface area contributed by atoms with Gasteiger partial charge in [-0.2, -0.15) is 0 Å². The molecule has 0 aliphatic carbocycles. The van der Waals surface area contributed by atoms with Crippen molar-refractivity contribution < 1.29 is 90.6 Å². The van der Waals surface area contributed by atoms with Gasteiger partial charge in [0.1, 0.15) is 28.7 Å². The summed E-state index contributed by atoms with van der Waals surface area (Å²) >= 11 is 0. The molecule has 0 atom stereocenters. The molecule has 0 bridgehead atoms. The Hall–Kier alpha value is -10.8. The van der Waals surface area contributed by atoms with Crippen LogP contribution in [0.25, 0.3) is 0 Å². The van der Waals surface area contributed by atoms with Crippen LogP contribution < -0.4 is 23.7 Å². The van der Waals surface area contributed by atoms with Gasteiger partial charge in [-0.25, -0.2) is 33.6 Å². The molecule has 0 amide bonds. The predicted molar refractivity (Wildman–Crippen MR) is 309 cm³/mol. The second kappa shape index (κ2) is 33.8. The number of ketones is 3. The maximum absolute atomic E-state index is 12.9. The van der Waals surface area contributed by atoms with Gasteiger partial charge in [0.25, 0.3) is 0 Å². The molecule has 19 nitrogen and oxygen atoms in total. The van der Waals surface area contributed by atoms with E-state index in [0.29, 0.717) is 59.3 Å². The number of esters is 5. The lowest BCUT2D eigenvalue weighted by Crippen LogP contribution is -2.13. The number of unbranched alkanes of at least 4 members (excludes halogenated alkanes) is 2. The van der Waals surface area contributed by atoms with Crippen molar-refractivity contribution in [1.29, 1.82) is 0 Å². The number of allylic oxidation sites excluding steroid dienone is 2. The summed E-state index contributed by atoms with van der Waals surface area (Å²) < 4.78 is 46.2. The van der Waals surface area contributed by atoms with Gasteiger partial charge in [-0.3, -0.25) is 14.4 Å². The molecule has 0 aliphatic heterocycles. The summed E-state index contributed by atoms with van der Waals surface area (Å²) in [5.74, 6) is -2.21. The fourth-order valence-electron chi connectivity index (χ4n) is 7.19. The lowest BCUT2D eigenvalue weighted by atomic mass is 9.99. The van der Waals surface area contributed by atoms with E-state index >= 15 is 0 Å². The molecular formula is C66H60O19. The van der Waals surface area contributed by atoms with Crippen LogP contribution in [-0.4, -0.2) is 85.9 Å². The van der Waals surface area contributed by atoms with Gasteiger partial charge in [-0.05, 0) is 171 Å². The molecule has 85 heavy (non-hydrogen) atoms. The van der Waals surface area contributed by atoms with Crippen molar-refractivity contribution >= 4 is 59.5 Å². The number of benzene rings is 6. The molecule has 438 valence electrons. The zero-order valence-corrected chi connectivity index (χ0v) is 46.7. The Balaban J connectivity index is 0.000000336. The highest BCUT2D eigenvalue weighted by Crippen LogP contribution is 2.27. The number of carbonyl (C=O) groups excluding carboxylic acids is 10. The summed E-state index contributed by atoms with van der Waals surface area (Å²) in [4.78, 5) is 119. The van der Waals surface area contributed by atoms with Crippen LogP contribution in [0.4, 0.5) is 9.59 Å². The largest absolute Gasteiger partial charge is 0.513 e. The zero-order valence-electron chi connectivity index (χ0n) is 46.7. The van der Waals surface area contributed by atoms with Crippen molar-refractivity contribution in [3.05, 3.63) is 234 Å². The van der Waals surface area contributed by atoms with E-state index in [4.69, 9.17) is 42.6 Å². The second-order valence-corrected chi connectivity index (χ2v) is 18.1. The van der Waals surface area contributed by atoms with Gasteiger partial charge in [0.2, 0.25) is 0 Å². The molecule has 6 rings (SSSR count). The number of carbonyl (C=O) groups is 10. The molecule has 0 saturated heterocycles. The Bertz CT molecular complexity index is 3410. The van der Waals surface area contributed by atoms with Crippen LogP contribution in [0, 0.1) is 13.8 Å². The summed E-state index contributed by atoms with van der Waals surface area (Å²) in [5.41, 5.74) is 4.41. The summed E-state index contributed by atoms with van der Waals surface area (Å²) in [6, 6.07) is 34.1. The highest BCUT2D eigenvalue weighted by atomic mass is 16.7. The fourth-order valence-corrected chi connectivity index (χ4v) is 7.19. The Morgan fingerprint density at radius 2 is 0.694 bits per heavy atom. The quantitative estimate of drug-likeness (QED) is 0.00841. The van der Waals surface area contributed by atoms with Crippen molar-refractivity contribution in [2.75, 3.05) is 26.4 Å². The van der Waals surface area contributed by atoms with E-state index in [1.807, 2.05) is 0 Å². The minimum absolute atomic E-state index is 0.0665. The molecule has 6 aromatic rings. The standard InChI is InChI=1S/C37H36O14.C29H24O5/c1-4-32(38)44-20-6-8-22-46-36(42)49-28-14-10-26(11-15-28)34(40)48-30-18-19-31(25(3)24-30)51-35(41)27-12-16-29(17-13-27)50-37(43)47-23-9-7-21-45-33(39)5-2;1-4-25(30)17-20-6-10-22(11-7-20)28(32)24-14-15-27(19(3)16-24)34-29(33)23-12-8-21(9-13-23)18-26(31)5-2/h4-5,10-19,24H,1-2,6-9,20-23H2,3H3;4-16H,1-2,17-18H2,3H3. The van der Waals surface area contributed by atoms with E-state index in [-0.39, 0.29) is 90.7 Å². The average Bonchev–Trinajstić information content (AvgIpc) is 3.68. The maximum Gasteiger partial charge on any atom is 0.513 e. The Labute approximate surface area is 490 Å². The molecule has 0 spiro atoms. The van der Waals surface area contributed by atoms with Gasteiger partial charge in [0.15, 0.2) is 17.3 Å². The molecule has 0 fully saturated rings. The summed E-state index contributed by atoms with van der Waals surface area (Å²) in [7, 11) is 0. The van der Waals surface area contributed by atoms with E-state index in [2.05, 4.69) is 26.3 Å². The van der Waals surface area contributed by atoms with E-state index in [0.717, 1.165) is 23.3 Å². The molecule has 0 aliphatic rings. The van der Waals surface area contributed by atoms with Crippen molar-refractivity contribution in [3.8, 4) is 28.7 Å². The van der Waals surface area contributed by atoms with Crippen LogP contribution >= 0.6 is 0 Å². The molecule has 0 N–H and O–H groups in total. The topological polar surface area (TPSA) is 254 Å². The Morgan fingerprint density at radius 1 is 0.353 bits per heavy atom. The minimum Gasteiger partial charge on any atom is -0.463 e. The molecule has 6 aromatic carbocycles. The van der Waals surface area contributed by atoms with Crippen LogP contribution in [0.5, 0.6) is 28.7 Å². The number of hydrogen-bond donors (Lipinski definition) is 0. The predicted octanol–water partition coefficient (Wildman–Crippen LogP) is 11.5. The summed E-state index contributed by atoms with van der Waals surface area (Å²) in [5, 5.41) is 0. The number of hydrogen-bond acceptors (Lipinski definition) is 19. The lowest BCUT2D eigenvalue weighted by molar-refractivity contribution is -0.138. The third-order valence-electron chi connectivity index (χ3n) is 11.7. The van der Waals surface area contributed by atoms with E-state index in [9.17, 15) is 47.9 Å². The van der Waals surface area contributed by atoms with Crippen LogP contribution in [0.15, 0.2) is 184 Å². The Morgan fingerprint density at radius 3 is 1.08 bits per heavy atom. The summed E-state index contributed by atoms with van der Waals surface area (Å²) in [6.45, 7) is 17.4. The third kappa shape index (κ3) is 22.2. The zero-order chi connectivity index (χ0) is 61.7. The van der Waals surface area contributed by atoms with Gasteiger partial charge >= 0.3 is 42.2 Å². The second-order valence-electron chi connectivity index (χ2n) is 18.1. The highest BCUT2D eigenvalue weighted by Gasteiger charge is 2.18. The third-order valence-corrected chi connectivity index (χ3v) is 11.7. The average molecular weight is 1160 g/mol. The molecule has 0 radical (unpaired) electrons. The van der Waals surface area contributed by atoms with Crippen LogP contribution in [0.3, 0.4) is 0 Å². The first kappa shape index (κ1) is 65.0. The summed E-state index contributed by atoms with van der Waals surface area (Å²) in [6.07, 6.45) is 5.18. The number of ether oxygens (including phenoxy) is 9. The molecule has 0 aromatic heterocycles. The first-order valence-electron chi connectivity index (χ1n) is 26.3. The first-order valence-corrected chi connectivity index (χ1v) is 26.3. The molecular weight excluding hydrogens is 1100 g/mol. The maximum atomic E-state index is 12.9. The fraction of sp³-hybridized carbons (Fsp3) is 0.182. The van der Waals surface area contributed by atoms with Crippen molar-refractivity contribution in [3.63, 3.8) is 0 Å². The van der Waals surface area contributed by atoms with Crippen LogP contribution in [0.1, 0.15) is 94.9 Å². The van der Waals surface area contributed by atoms with Gasteiger partial charge in [-0.15, -0.1) is 0 Å². The van der Waals surface area contributed by atoms with E-state index < -0.39 is 42.2 Å². The highest BCUT2D eigenvalue weighted by molar-refractivity contribution is 6.09. The van der Waals surface area contributed by atoms with Gasteiger partial charge in [-0.1, -0.05) is 62.7 Å². The molecule has 0 unspecified atom stereocenters. The van der Waals surface area contributed by atoms with Gasteiger partial charge < -0.3 is 42.6 Å². The van der Waals surface area contributed by atoms with Crippen LogP contribution in [-0.2, 0) is 51.0 Å². The molecule has 0 heterocycles. The SMILES string of the molecule is C=CC(=O)Cc1ccc(C(=O)Oc2ccc(C(=O)c3ccc(CC(=O)C=C)cc3)cc2C)cc1.C=CC(=O)OCCCCOC(=O)Oc1ccc(C(=O)Oc2ccc(OC(=O)c3ccc(OC(=O)OCCCCOC(=O)C=C)cc3)c(C)c2)cc1. The number of rotatable bonds is 28. The van der Waals surface area contributed by atoms with Gasteiger partial charge in [0.05, 0.1) is 43.1 Å². The van der Waals surface area contributed by atoms with Crippen molar-refractivity contribution in [1.82, 2.24) is 0 Å². The Kier molecular flexibility index (Phi) is 25.9. The van der Waals surface area contributed by atoms with Crippen LogP contribution in [0.2, 0.25) is 0 Å².